The lowest BCUT2D eigenvalue weighted by Crippen LogP contribution is -2.30. The Labute approximate surface area is 213 Å². The summed E-state index contributed by atoms with van der Waals surface area (Å²) in [6, 6.07) is 21.5. The van der Waals surface area contributed by atoms with Gasteiger partial charge in [0.05, 0.1) is 21.8 Å². The number of benzene rings is 3. The molecule has 0 bridgehead atoms. The summed E-state index contributed by atoms with van der Waals surface area (Å²) < 4.78 is 3.47. The van der Waals surface area contributed by atoms with E-state index in [1.165, 1.54) is 17.3 Å². The highest BCUT2D eigenvalue weighted by molar-refractivity contribution is 8.00. The van der Waals surface area contributed by atoms with Crippen molar-refractivity contribution in [3.8, 4) is 5.69 Å². The quantitative estimate of drug-likeness (QED) is 0.342. The number of aromatic nitrogens is 4. The molecule has 2 aromatic heterocycles. The monoisotopic (exact) mass is 497 g/mol. The molecule has 1 amide bonds. The third kappa shape index (κ3) is 4.40. The van der Waals surface area contributed by atoms with Crippen molar-refractivity contribution in [2.24, 2.45) is 0 Å². The van der Waals surface area contributed by atoms with Crippen LogP contribution in [0.3, 0.4) is 0 Å². The number of para-hydroxylation sites is 1. The van der Waals surface area contributed by atoms with Gasteiger partial charge in [-0.3, -0.25) is 14.0 Å². The second-order valence-electron chi connectivity index (χ2n) is 9.03. The average Bonchev–Trinajstić information content (AvgIpc) is 3.28. The lowest BCUT2D eigenvalue weighted by molar-refractivity contribution is -0.120. The van der Waals surface area contributed by atoms with Crippen LogP contribution >= 0.6 is 11.8 Å². The van der Waals surface area contributed by atoms with E-state index in [1.807, 2.05) is 98.8 Å². The second kappa shape index (κ2) is 9.62. The first kappa shape index (κ1) is 23.8. The number of amides is 1. The highest BCUT2D eigenvalue weighted by atomic mass is 32.2. The van der Waals surface area contributed by atoms with Crippen molar-refractivity contribution >= 4 is 34.3 Å². The molecule has 5 aromatic rings. The van der Waals surface area contributed by atoms with Crippen molar-refractivity contribution in [3.63, 3.8) is 0 Å². The molecule has 182 valence electrons. The maximum absolute atomic E-state index is 13.6. The zero-order chi connectivity index (χ0) is 25.4. The molecule has 0 aliphatic carbocycles. The van der Waals surface area contributed by atoms with E-state index in [2.05, 4.69) is 15.5 Å². The van der Waals surface area contributed by atoms with Crippen molar-refractivity contribution in [2.45, 2.75) is 44.6 Å². The molecule has 7 nitrogen and oxygen atoms in total. The molecule has 36 heavy (non-hydrogen) atoms. The molecule has 0 saturated carbocycles. The molecule has 2 heterocycles. The smallest absolute Gasteiger partial charge is 0.267 e. The molecule has 5 rings (SSSR count). The molecular formula is C28H27N5O2S. The Kier molecular flexibility index (Phi) is 6.36. The lowest BCUT2D eigenvalue weighted by Gasteiger charge is -2.15. The fourth-order valence-electron chi connectivity index (χ4n) is 4.28. The number of hydrogen-bond donors (Lipinski definition) is 1. The van der Waals surface area contributed by atoms with E-state index in [1.54, 1.807) is 4.57 Å². The standard InChI is InChI=1S/C28H27N5O2S/c1-17-9-12-21(13-10-17)16-29-25(34)20(4)36-28-31-30-27-32(23-14-11-18(2)15-19(23)3)26(35)22-7-5-6-8-24(22)33(27)28/h5-15,20H,16H2,1-4H3,(H,29,34). The van der Waals surface area contributed by atoms with Crippen LogP contribution in [0.25, 0.3) is 22.4 Å². The van der Waals surface area contributed by atoms with Crippen LogP contribution < -0.4 is 10.9 Å². The Morgan fingerprint density at radius 1 is 0.972 bits per heavy atom. The number of carbonyl (C=O) groups is 1. The summed E-state index contributed by atoms with van der Waals surface area (Å²) in [5.74, 6) is 0.324. The second-order valence-corrected chi connectivity index (χ2v) is 10.3. The van der Waals surface area contributed by atoms with Gasteiger partial charge in [-0.2, -0.15) is 0 Å². The maximum Gasteiger partial charge on any atom is 0.267 e. The topological polar surface area (TPSA) is 81.3 Å². The van der Waals surface area contributed by atoms with E-state index >= 15 is 0 Å². The molecule has 3 aromatic carbocycles. The Morgan fingerprint density at radius 2 is 1.69 bits per heavy atom. The molecule has 0 aliphatic heterocycles. The number of nitrogens with one attached hydrogen (secondary N) is 1. The third-order valence-electron chi connectivity index (χ3n) is 6.23. The summed E-state index contributed by atoms with van der Waals surface area (Å²) in [4.78, 5) is 26.5. The van der Waals surface area contributed by atoms with Crippen LogP contribution in [0.4, 0.5) is 0 Å². The van der Waals surface area contributed by atoms with Gasteiger partial charge < -0.3 is 5.32 Å². The Morgan fingerprint density at radius 3 is 2.44 bits per heavy atom. The van der Waals surface area contributed by atoms with E-state index in [4.69, 9.17) is 0 Å². The maximum atomic E-state index is 13.6. The van der Waals surface area contributed by atoms with Crippen molar-refractivity contribution < 1.29 is 4.79 Å². The number of carbonyl (C=O) groups excluding carboxylic acids is 1. The number of aryl methyl sites for hydroxylation is 3. The lowest BCUT2D eigenvalue weighted by atomic mass is 10.1. The van der Waals surface area contributed by atoms with E-state index in [0.717, 1.165) is 22.4 Å². The van der Waals surface area contributed by atoms with Gasteiger partial charge >= 0.3 is 0 Å². The molecule has 0 radical (unpaired) electrons. The minimum Gasteiger partial charge on any atom is -0.351 e. The van der Waals surface area contributed by atoms with Gasteiger partial charge in [0.15, 0.2) is 5.16 Å². The van der Waals surface area contributed by atoms with Crippen molar-refractivity contribution in [1.82, 2.24) is 24.5 Å². The van der Waals surface area contributed by atoms with Gasteiger partial charge in [-0.1, -0.05) is 71.4 Å². The van der Waals surface area contributed by atoms with Crippen molar-refractivity contribution in [2.75, 3.05) is 0 Å². The molecule has 0 fully saturated rings. The zero-order valence-corrected chi connectivity index (χ0v) is 21.5. The van der Waals surface area contributed by atoms with E-state index in [9.17, 15) is 9.59 Å². The van der Waals surface area contributed by atoms with Crippen molar-refractivity contribution in [1.29, 1.82) is 0 Å². The molecule has 8 heteroatoms. The number of hydrogen-bond acceptors (Lipinski definition) is 5. The van der Waals surface area contributed by atoms with Crippen molar-refractivity contribution in [3.05, 3.63) is 99.3 Å². The highest BCUT2D eigenvalue weighted by Crippen LogP contribution is 2.27. The SMILES string of the molecule is Cc1ccc(CNC(=O)C(C)Sc2nnc3n(-c4ccc(C)cc4C)c(=O)c4ccccc4n23)cc1. The first-order chi connectivity index (χ1) is 17.3. The van der Waals surface area contributed by atoms with E-state index < -0.39 is 5.25 Å². The van der Waals surface area contributed by atoms with Crippen LogP contribution in [0, 0.1) is 20.8 Å². The van der Waals surface area contributed by atoms with Gasteiger partial charge in [0.25, 0.3) is 5.56 Å². The van der Waals surface area contributed by atoms with E-state index in [0.29, 0.717) is 28.4 Å². The van der Waals surface area contributed by atoms with Crippen LogP contribution in [0.1, 0.15) is 29.2 Å². The minimum atomic E-state index is -0.414. The first-order valence-electron chi connectivity index (χ1n) is 11.8. The summed E-state index contributed by atoms with van der Waals surface area (Å²) in [7, 11) is 0. The summed E-state index contributed by atoms with van der Waals surface area (Å²) in [5, 5.41) is 12.5. The first-order valence-corrected chi connectivity index (χ1v) is 12.7. The Hall–Kier alpha value is -3.91. The van der Waals surface area contributed by atoms with Crippen LogP contribution in [0.2, 0.25) is 0 Å². The van der Waals surface area contributed by atoms with Gasteiger partial charge in [0.1, 0.15) is 0 Å². The van der Waals surface area contributed by atoms with Crippen LogP contribution in [-0.2, 0) is 11.3 Å². The van der Waals surface area contributed by atoms with Crippen LogP contribution in [0.5, 0.6) is 0 Å². The molecule has 1 N–H and O–H groups in total. The Bertz CT molecular complexity index is 1650. The van der Waals surface area contributed by atoms with Gasteiger partial charge in [-0.05, 0) is 57.0 Å². The predicted octanol–water partition coefficient (Wildman–Crippen LogP) is 4.76. The highest BCUT2D eigenvalue weighted by Gasteiger charge is 2.22. The number of nitrogens with zero attached hydrogens (tertiary/aromatic N) is 4. The number of thioether (sulfide) groups is 1. The summed E-state index contributed by atoms with van der Waals surface area (Å²) in [6.45, 7) is 8.34. The fourth-order valence-corrected chi connectivity index (χ4v) is 5.16. The van der Waals surface area contributed by atoms with Crippen LogP contribution in [0.15, 0.2) is 76.7 Å². The molecule has 0 spiro atoms. The minimum absolute atomic E-state index is 0.0932. The van der Waals surface area contributed by atoms with Gasteiger partial charge in [0, 0.05) is 6.54 Å². The predicted molar refractivity (Wildman–Crippen MR) is 144 cm³/mol. The van der Waals surface area contributed by atoms with Gasteiger partial charge in [-0.15, -0.1) is 10.2 Å². The van der Waals surface area contributed by atoms with E-state index in [-0.39, 0.29) is 11.5 Å². The largest absolute Gasteiger partial charge is 0.351 e. The van der Waals surface area contributed by atoms with Gasteiger partial charge in [-0.25, -0.2) is 4.57 Å². The molecule has 1 atom stereocenters. The molecular weight excluding hydrogens is 470 g/mol. The van der Waals surface area contributed by atoms with Gasteiger partial charge in [0.2, 0.25) is 11.7 Å². The molecule has 1 unspecified atom stereocenters. The molecule has 0 saturated heterocycles. The third-order valence-corrected chi connectivity index (χ3v) is 7.27. The fraction of sp³-hybridized carbons (Fsp3) is 0.214. The normalized spacial score (nSPS) is 12.2. The Balaban J connectivity index is 1.53. The average molecular weight is 498 g/mol. The summed E-state index contributed by atoms with van der Waals surface area (Å²) in [6.07, 6.45) is 0. The zero-order valence-electron chi connectivity index (χ0n) is 20.6. The number of fused-ring (bicyclic) bond motifs is 3. The number of rotatable bonds is 6. The summed E-state index contributed by atoms with van der Waals surface area (Å²) in [5.41, 5.74) is 5.62. The molecule has 0 aliphatic rings. The summed E-state index contributed by atoms with van der Waals surface area (Å²) >= 11 is 1.32. The van der Waals surface area contributed by atoms with Crippen LogP contribution in [-0.4, -0.2) is 30.3 Å².